The zero-order valence-electron chi connectivity index (χ0n) is 13.0. The lowest BCUT2D eigenvalue weighted by molar-refractivity contribution is 0.224. The number of hydrogen-bond donors (Lipinski definition) is 0. The Labute approximate surface area is 163 Å². The molecular weight excluding hydrogens is 393 g/mol. The summed E-state index contributed by atoms with van der Waals surface area (Å²) in [6.07, 6.45) is 3.01. The molecule has 1 heterocycles. The van der Waals surface area contributed by atoms with Gasteiger partial charge >= 0.3 is 0 Å². The SMILES string of the molecule is N#Cc1ccc(SC(Oc2ccc(Cl)c(Cl)c2)n2cnnc2)c(C#N)c1. The highest BCUT2D eigenvalue weighted by Crippen LogP contribution is 2.36. The van der Waals surface area contributed by atoms with Gasteiger partial charge in [0.05, 0.1) is 27.2 Å². The van der Waals surface area contributed by atoms with Crippen molar-refractivity contribution in [2.24, 2.45) is 0 Å². The lowest BCUT2D eigenvalue weighted by Gasteiger charge is -2.20. The van der Waals surface area contributed by atoms with E-state index in [4.69, 9.17) is 33.2 Å². The van der Waals surface area contributed by atoms with Crippen LogP contribution in [0.5, 0.6) is 5.75 Å². The highest BCUT2D eigenvalue weighted by Gasteiger charge is 2.18. The fourth-order valence-corrected chi connectivity index (χ4v) is 3.30. The maximum Gasteiger partial charge on any atom is 0.231 e. The number of benzene rings is 2. The molecule has 6 nitrogen and oxygen atoms in total. The van der Waals surface area contributed by atoms with Gasteiger partial charge in [0.15, 0.2) is 0 Å². The zero-order chi connectivity index (χ0) is 18.5. The van der Waals surface area contributed by atoms with Crippen LogP contribution in [-0.2, 0) is 0 Å². The Morgan fingerprint density at radius 1 is 1.00 bits per heavy atom. The second kappa shape index (κ2) is 8.11. The number of halogens is 2. The maximum atomic E-state index is 9.36. The van der Waals surface area contributed by atoms with Crippen molar-refractivity contribution in [1.29, 1.82) is 10.5 Å². The van der Waals surface area contributed by atoms with Crippen LogP contribution in [0.4, 0.5) is 0 Å². The van der Waals surface area contributed by atoms with Crippen LogP contribution in [0.1, 0.15) is 16.7 Å². The number of aromatic nitrogens is 3. The van der Waals surface area contributed by atoms with Crippen LogP contribution < -0.4 is 4.74 Å². The Bertz CT molecular complexity index is 1010. The average Bonchev–Trinajstić information content (AvgIpc) is 3.19. The summed E-state index contributed by atoms with van der Waals surface area (Å²) >= 11 is 13.2. The number of rotatable bonds is 5. The molecular formula is C17H9Cl2N5OS. The van der Waals surface area contributed by atoms with Crippen molar-refractivity contribution in [3.05, 3.63) is 70.2 Å². The summed E-state index contributed by atoms with van der Waals surface area (Å²) in [6.45, 7) is 0. The van der Waals surface area contributed by atoms with Gasteiger partial charge in [-0.1, -0.05) is 35.0 Å². The molecule has 1 aromatic heterocycles. The molecule has 0 radical (unpaired) electrons. The lowest BCUT2D eigenvalue weighted by atomic mass is 10.1. The third-order valence-corrected chi connectivity index (χ3v) is 5.16. The van der Waals surface area contributed by atoms with Gasteiger partial charge in [0.25, 0.3) is 0 Å². The third kappa shape index (κ3) is 4.09. The van der Waals surface area contributed by atoms with E-state index < -0.39 is 5.56 Å². The molecule has 0 bridgehead atoms. The van der Waals surface area contributed by atoms with Gasteiger partial charge in [-0.2, -0.15) is 10.5 Å². The molecule has 0 aliphatic carbocycles. The molecule has 26 heavy (non-hydrogen) atoms. The first-order chi connectivity index (χ1) is 12.6. The van der Waals surface area contributed by atoms with Crippen molar-refractivity contribution < 1.29 is 4.74 Å². The van der Waals surface area contributed by atoms with Gasteiger partial charge in [0, 0.05) is 11.0 Å². The minimum absolute atomic E-state index is 0.368. The zero-order valence-corrected chi connectivity index (χ0v) is 15.3. The molecule has 0 aliphatic rings. The van der Waals surface area contributed by atoms with Gasteiger partial charge in [-0.05, 0) is 30.3 Å². The molecule has 3 rings (SSSR count). The van der Waals surface area contributed by atoms with Crippen LogP contribution >= 0.6 is 35.0 Å². The van der Waals surface area contributed by atoms with Gasteiger partial charge in [-0.15, -0.1) is 10.2 Å². The molecule has 1 unspecified atom stereocenters. The largest absolute Gasteiger partial charge is 0.460 e. The Morgan fingerprint density at radius 3 is 2.42 bits per heavy atom. The number of hydrogen-bond acceptors (Lipinski definition) is 6. The predicted molar refractivity (Wildman–Crippen MR) is 97.9 cm³/mol. The summed E-state index contributed by atoms with van der Waals surface area (Å²) in [5, 5.41) is 26.7. The van der Waals surface area contributed by atoms with E-state index in [2.05, 4.69) is 16.3 Å². The Balaban J connectivity index is 1.92. The fraction of sp³-hybridized carbons (Fsp3) is 0.0588. The van der Waals surface area contributed by atoms with E-state index in [-0.39, 0.29) is 0 Å². The lowest BCUT2D eigenvalue weighted by Crippen LogP contribution is -2.11. The van der Waals surface area contributed by atoms with Crippen molar-refractivity contribution in [2.45, 2.75) is 10.5 Å². The number of nitriles is 2. The topological polar surface area (TPSA) is 87.5 Å². The van der Waals surface area contributed by atoms with E-state index in [1.54, 1.807) is 34.9 Å². The summed E-state index contributed by atoms with van der Waals surface area (Å²) in [5.41, 5.74) is 0.198. The first-order valence-corrected chi connectivity index (χ1v) is 8.81. The van der Waals surface area contributed by atoms with E-state index >= 15 is 0 Å². The predicted octanol–water partition coefficient (Wildman–Crippen LogP) is 4.66. The van der Waals surface area contributed by atoms with Gasteiger partial charge in [0.2, 0.25) is 5.56 Å². The smallest absolute Gasteiger partial charge is 0.231 e. The van der Waals surface area contributed by atoms with Crippen molar-refractivity contribution in [3.8, 4) is 17.9 Å². The van der Waals surface area contributed by atoms with Crippen LogP contribution in [0.3, 0.4) is 0 Å². The summed E-state index contributed by atoms with van der Waals surface area (Å²) in [5.74, 6) is 0.498. The molecule has 0 N–H and O–H groups in total. The van der Waals surface area contributed by atoms with Crippen LogP contribution in [0.15, 0.2) is 53.9 Å². The highest BCUT2D eigenvalue weighted by atomic mass is 35.5. The van der Waals surface area contributed by atoms with Crippen LogP contribution in [0.2, 0.25) is 10.0 Å². The minimum atomic E-state index is -0.595. The molecule has 0 aliphatic heterocycles. The monoisotopic (exact) mass is 401 g/mol. The first kappa shape index (κ1) is 18.1. The van der Waals surface area contributed by atoms with Gasteiger partial charge < -0.3 is 4.74 Å². The van der Waals surface area contributed by atoms with E-state index in [9.17, 15) is 5.26 Å². The molecule has 0 fully saturated rings. The highest BCUT2D eigenvalue weighted by molar-refractivity contribution is 7.99. The molecule has 0 amide bonds. The number of ether oxygens (including phenoxy) is 1. The van der Waals surface area contributed by atoms with E-state index in [1.807, 2.05) is 6.07 Å². The normalized spacial score (nSPS) is 11.4. The second-order valence-electron chi connectivity index (χ2n) is 4.96. The Morgan fingerprint density at radius 2 is 1.77 bits per heavy atom. The number of nitrogens with zero attached hydrogens (tertiary/aromatic N) is 5. The first-order valence-electron chi connectivity index (χ1n) is 7.17. The standard InChI is InChI=1S/C17H9Cl2N5OS/c18-14-3-2-13(6-15(14)19)25-17(24-9-22-23-10-24)26-16-4-1-11(7-20)5-12(16)8-21/h1-6,9-10,17H. The van der Waals surface area contributed by atoms with Crippen LogP contribution in [0.25, 0.3) is 0 Å². The van der Waals surface area contributed by atoms with Gasteiger partial charge in [0.1, 0.15) is 24.5 Å². The van der Waals surface area contributed by atoms with Crippen molar-refractivity contribution in [2.75, 3.05) is 0 Å². The van der Waals surface area contributed by atoms with Crippen LogP contribution in [-0.4, -0.2) is 14.8 Å². The molecule has 128 valence electrons. The molecule has 3 aromatic rings. The summed E-state index contributed by atoms with van der Waals surface area (Å²) in [6, 6.07) is 13.9. The molecule has 2 aromatic carbocycles. The molecule has 9 heteroatoms. The quantitative estimate of drug-likeness (QED) is 0.456. The number of thioether (sulfide) groups is 1. The Hall–Kier alpha value is -2.71. The van der Waals surface area contributed by atoms with E-state index in [0.29, 0.717) is 31.8 Å². The molecule has 0 saturated heterocycles. The summed E-state index contributed by atoms with van der Waals surface area (Å²) < 4.78 is 7.63. The summed E-state index contributed by atoms with van der Waals surface area (Å²) in [7, 11) is 0. The van der Waals surface area contributed by atoms with Crippen molar-refractivity contribution in [3.63, 3.8) is 0 Å². The van der Waals surface area contributed by atoms with Gasteiger partial charge in [-0.25, -0.2) is 0 Å². The van der Waals surface area contributed by atoms with Crippen molar-refractivity contribution >= 4 is 35.0 Å². The third-order valence-electron chi connectivity index (χ3n) is 3.26. The second-order valence-corrected chi connectivity index (χ2v) is 6.86. The molecule has 1 atom stereocenters. The average molecular weight is 402 g/mol. The molecule has 0 saturated carbocycles. The minimum Gasteiger partial charge on any atom is -0.460 e. The maximum absolute atomic E-state index is 9.36. The Kier molecular flexibility index (Phi) is 5.65. The van der Waals surface area contributed by atoms with Gasteiger partial charge in [-0.3, -0.25) is 4.57 Å². The van der Waals surface area contributed by atoms with E-state index in [0.717, 1.165) is 0 Å². The summed E-state index contributed by atoms with van der Waals surface area (Å²) in [4.78, 5) is 0.658. The fourth-order valence-electron chi connectivity index (χ4n) is 2.03. The van der Waals surface area contributed by atoms with Crippen molar-refractivity contribution in [1.82, 2.24) is 14.8 Å². The van der Waals surface area contributed by atoms with Crippen LogP contribution in [0, 0.1) is 22.7 Å². The molecule has 0 spiro atoms. The van der Waals surface area contributed by atoms with E-state index in [1.165, 1.54) is 30.5 Å².